The third-order valence-electron chi connectivity index (χ3n) is 4.85. The minimum Gasteiger partial charge on any atom is -0.481 e. The monoisotopic (exact) mass is 402 g/mol. The number of nitrogens with one attached hydrogen (secondary N) is 1. The fraction of sp³-hybridized carbons (Fsp3) is 0.167. The second-order valence-corrected chi connectivity index (χ2v) is 8.09. The molecule has 29 heavy (non-hydrogen) atoms. The number of carbonyl (C=O) groups is 1. The molecule has 1 N–H and O–H groups in total. The van der Waals surface area contributed by atoms with Gasteiger partial charge in [0.2, 0.25) is 0 Å². The number of hydrogen-bond acceptors (Lipinski definition) is 4. The number of aryl methyl sites for hydroxylation is 2. The van der Waals surface area contributed by atoms with Gasteiger partial charge in [0.25, 0.3) is 5.91 Å². The van der Waals surface area contributed by atoms with E-state index < -0.39 is 6.10 Å². The van der Waals surface area contributed by atoms with E-state index in [2.05, 4.69) is 16.4 Å². The standard InChI is InChI=1S/C24H22N2O2S/c1-15-8-13-20(14-16(15)2)28-17(3)23(27)25-19-11-9-18(10-12-19)24-26-21-6-4-5-7-22(21)29-24/h4-14,17H,1-3H3,(H,25,27)/t17-/m0/s1. The number of ether oxygens (including phenoxy) is 1. The third kappa shape index (κ3) is 4.30. The molecular weight excluding hydrogens is 380 g/mol. The molecular formula is C24H22N2O2S. The molecule has 0 fully saturated rings. The van der Waals surface area contributed by atoms with Crippen LogP contribution in [0, 0.1) is 13.8 Å². The maximum atomic E-state index is 12.5. The summed E-state index contributed by atoms with van der Waals surface area (Å²) in [5, 5.41) is 3.88. The number of fused-ring (bicyclic) bond motifs is 1. The Morgan fingerprint density at radius 2 is 1.76 bits per heavy atom. The van der Waals surface area contributed by atoms with Crippen molar-refractivity contribution in [2.45, 2.75) is 26.9 Å². The highest BCUT2D eigenvalue weighted by Gasteiger charge is 2.15. The van der Waals surface area contributed by atoms with E-state index in [9.17, 15) is 4.79 Å². The van der Waals surface area contributed by atoms with Crippen molar-refractivity contribution in [3.63, 3.8) is 0 Å². The van der Waals surface area contributed by atoms with Gasteiger partial charge in [0, 0.05) is 11.3 Å². The molecule has 3 aromatic carbocycles. The summed E-state index contributed by atoms with van der Waals surface area (Å²) in [6.07, 6.45) is -0.596. The number of carbonyl (C=O) groups excluding carboxylic acids is 1. The van der Waals surface area contributed by atoms with E-state index >= 15 is 0 Å². The normalized spacial score (nSPS) is 12.0. The van der Waals surface area contributed by atoms with E-state index in [1.165, 1.54) is 5.56 Å². The molecule has 0 saturated heterocycles. The number of anilines is 1. The second kappa shape index (κ2) is 8.05. The van der Waals surface area contributed by atoms with E-state index in [4.69, 9.17) is 4.74 Å². The van der Waals surface area contributed by atoms with Crippen molar-refractivity contribution in [3.05, 3.63) is 77.9 Å². The average Bonchev–Trinajstić information content (AvgIpc) is 3.15. The smallest absolute Gasteiger partial charge is 0.265 e. The van der Waals surface area contributed by atoms with Crippen LogP contribution in [0.5, 0.6) is 5.75 Å². The van der Waals surface area contributed by atoms with Crippen LogP contribution in [-0.4, -0.2) is 17.0 Å². The van der Waals surface area contributed by atoms with Gasteiger partial charge in [-0.05, 0) is 80.4 Å². The summed E-state index contributed by atoms with van der Waals surface area (Å²) in [6.45, 7) is 5.83. The minimum atomic E-state index is -0.596. The van der Waals surface area contributed by atoms with Crippen molar-refractivity contribution in [2.75, 3.05) is 5.32 Å². The van der Waals surface area contributed by atoms with E-state index in [0.29, 0.717) is 5.75 Å². The molecule has 1 aromatic heterocycles. The summed E-state index contributed by atoms with van der Waals surface area (Å²) in [5.41, 5.74) is 5.10. The number of amides is 1. The maximum absolute atomic E-state index is 12.5. The van der Waals surface area contributed by atoms with Crippen LogP contribution in [-0.2, 0) is 4.79 Å². The lowest BCUT2D eigenvalue weighted by atomic mass is 10.1. The molecule has 0 aliphatic carbocycles. The van der Waals surface area contributed by atoms with Crippen molar-refractivity contribution in [2.24, 2.45) is 0 Å². The van der Waals surface area contributed by atoms with Gasteiger partial charge < -0.3 is 10.1 Å². The molecule has 0 aliphatic heterocycles. The van der Waals surface area contributed by atoms with Gasteiger partial charge in [0.1, 0.15) is 10.8 Å². The van der Waals surface area contributed by atoms with Crippen LogP contribution in [0.15, 0.2) is 66.7 Å². The SMILES string of the molecule is Cc1ccc(O[C@@H](C)C(=O)Nc2ccc(-c3nc4ccccc4s3)cc2)cc1C. The molecule has 0 unspecified atom stereocenters. The minimum absolute atomic E-state index is 0.184. The van der Waals surface area contributed by atoms with Crippen LogP contribution >= 0.6 is 11.3 Å². The first-order valence-electron chi connectivity index (χ1n) is 9.50. The van der Waals surface area contributed by atoms with Gasteiger partial charge in [-0.2, -0.15) is 0 Å². The van der Waals surface area contributed by atoms with Crippen LogP contribution in [0.1, 0.15) is 18.1 Å². The Labute approximate surface area is 174 Å². The molecule has 0 radical (unpaired) electrons. The van der Waals surface area contributed by atoms with Gasteiger partial charge in [0.05, 0.1) is 10.2 Å². The average molecular weight is 403 g/mol. The van der Waals surface area contributed by atoms with E-state index in [1.807, 2.05) is 74.5 Å². The molecule has 4 nitrogen and oxygen atoms in total. The molecule has 4 rings (SSSR count). The number of rotatable bonds is 5. The summed E-state index contributed by atoms with van der Waals surface area (Å²) in [4.78, 5) is 17.2. The van der Waals surface area contributed by atoms with Crippen molar-refractivity contribution in [3.8, 4) is 16.3 Å². The summed E-state index contributed by atoms with van der Waals surface area (Å²) in [7, 11) is 0. The molecule has 0 aliphatic rings. The molecule has 1 heterocycles. The number of thiazole rings is 1. The molecule has 1 atom stereocenters. The third-order valence-corrected chi connectivity index (χ3v) is 5.94. The van der Waals surface area contributed by atoms with Crippen molar-refractivity contribution < 1.29 is 9.53 Å². The lowest BCUT2D eigenvalue weighted by Crippen LogP contribution is -2.30. The first kappa shape index (κ1) is 19.2. The first-order chi connectivity index (χ1) is 14.0. The molecule has 5 heteroatoms. The van der Waals surface area contributed by atoms with Gasteiger partial charge in [-0.25, -0.2) is 4.98 Å². The summed E-state index contributed by atoms with van der Waals surface area (Å²) >= 11 is 1.66. The van der Waals surface area contributed by atoms with E-state index in [1.54, 1.807) is 18.3 Å². The molecule has 146 valence electrons. The number of nitrogens with zero attached hydrogens (tertiary/aromatic N) is 1. The zero-order valence-electron chi connectivity index (χ0n) is 16.6. The maximum Gasteiger partial charge on any atom is 0.265 e. The molecule has 0 saturated carbocycles. The van der Waals surface area contributed by atoms with E-state index in [-0.39, 0.29) is 5.91 Å². The number of hydrogen-bond donors (Lipinski definition) is 1. The van der Waals surface area contributed by atoms with Crippen LogP contribution < -0.4 is 10.1 Å². The Bertz CT molecular complexity index is 1130. The van der Waals surface area contributed by atoms with Crippen molar-refractivity contribution >= 4 is 33.1 Å². The predicted octanol–water partition coefficient (Wildman–Crippen LogP) is 5.99. The highest BCUT2D eigenvalue weighted by molar-refractivity contribution is 7.21. The number of aromatic nitrogens is 1. The van der Waals surface area contributed by atoms with Crippen molar-refractivity contribution in [1.29, 1.82) is 0 Å². The predicted molar refractivity (Wildman–Crippen MR) is 120 cm³/mol. The Morgan fingerprint density at radius 3 is 2.48 bits per heavy atom. The van der Waals surface area contributed by atoms with Gasteiger partial charge in [-0.3, -0.25) is 4.79 Å². The van der Waals surface area contributed by atoms with Gasteiger partial charge >= 0.3 is 0 Å². The highest BCUT2D eigenvalue weighted by Crippen LogP contribution is 2.30. The quantitative estimate of drug-likeness (QED) is 0.446. The zero-order chi connectivity index (χ0) is 20.4. The topological polar surface area (TPSA) is 51.2 Å². The fourth-order valence-corrected chi connectivity index (χ4v) is 3.95. The number of para-hydroxylation sites is 1. The van der Waals surface area contributed by atoms with Crippen LogP contribution in [0.2, 0.25) is 0 Å². The Kier molecular flexibility index (Phi) is 5.32. The van der Waals surface area contributed by atoms with Crippen LogP contribution in [0.25, 0.3) is 20.8 Å². The highest BCUT2D eigenvalue weighted by atomic mass is 32.1. The molecule has 0 bridgehead atoms. The largest absolute Gasteiger partial charge is 0.481 e. The lowest BCUT2D eigenvalue weighted by molar-refractivity contribution is -0.122. The zero-order valence-corrected chi connectivity index (χ0v) is 17.4. The molecule has 4 aromatic rings. The van der Waals surface area contributed by atoms with Crippen LogP contribution in [0.4, 0.5) is 5.69 Å². The lowest BCUT2D eigenvalue weighted by Gasteiger charge is -2.15. The van der Waals surface area contributed by atoms with Gasteiger partial charge in [0.15, 0.2) is 6.10 Å². The van der Waals surface area contributed by atoms with Gasteiger partial charge in [-0.15, -0.1) is 11.3 Å². The van der Waals surface area contributed by atoms with Crippen molar-refractivity contribution in [1.82, 2.24) is 4.98 Å². The molecule has 1 amide bonds. The molecule has 0 spiro atoms. The summed E-state index contributed by atoms with van der Waals surface area (Å²) in [6, 6.07) is 21.7. The van der Waals surface area contributed by atoms with E-state index in [0.717, 1.165) is 32.0 Å². The number of benzene rings is 3. The Morgan fingerprint density at radius 1 is 1.00 bits per heavy atom. The van der Waals surface area contributed by atoms with Crippen LogP contribution in [0.3, 0.4) is 0 Å². The summed E-state index contributed by atoms with van der Waals surface area (Å²) < 4.78 is 6.95. The van der Waals surface area contributed by atoms with Gasteiger partial charge in [-0.1, -0.05) is 18.2 Å². The first-order valence-corrected chi connectivity index (χ1v) is 10.3. The summed E-state index contributed by atoms with van der Waals surface area (Å²) in [5.74, 6) is 0.512. The Balaban J connectivity index is 1.42. The fourth-order valence-electron chi connectivity index (χ4n) is 2.98. The Hall–Kier alpha value is -3.18. The second-order valence-electron chi connectivity index (χ2n) is 7.06.